The predicted molar refractivity (Wildman–Crippen MR) is 211 cm³/mol. The summed E-state index contributed by atoms with van der Waals surface area (Å²) in [5.41, 5.74) is 9.73. The van der Waals surface area contributed by atoms with Crippen LogP contribution in [0.25, 0.3) is 97.1 Å². The number of nitrogens with zero attached hydrogens (tertiary/aromatic N) is 2. The average Bonchev–Trinajstić information content (AvgIpc) is 3.83. The summed E-state index contributed by atoms with van der Waals surface area (Å²) in [6, 6.07) is 62.2. The van der Waals surface area contributed by atoms with Crippen LogP contribution < -0.4 is 0 Å². The maximum atomic E-state index is 2.54. The van der Waals surface area contributed by atoms with E-state index in [1.807, 2.05) is 11.3 Å². The van der Waals surface area contributed by atoms with Crippen LogP contribution in [-0.2, 0) is 0 Å². The maximum absolute atomic E-state index is 2.54. The molecule has 8 aromatic carbocycles. The summed E-state index contributed by atoms with van der Waals surface area (Å²) in [7, 11) is 0. The van der Waals surface area contributed by atoms with E-state index in [4.69, 9.17) is 0 Å². The SMILES string of the molecule is c1ccc(-c2ccc3c(c2)c2c4ccccc4c4c5ccccc5sc4c2n3-c2ccc3c(c2)c2ccccc2n3-c2ccccc2)cc1. The van der Waals surface area contributed by atoms with Gasteiger partial charge in [-0.1, -0.05) is 115 Å². The van der Waals surface area contributed by atoms with Gasteiger partial charge in [0.25, 0.3) is 0 Å². The molecule has 3 heterocycles. The average molecular weight is 641 g/mol. The number of benzene rings is 8. The lowest BCUT2D eigenvalue weighted by molar-refractivity contribution is 1.17. The smallest absolute Gasteiger partial charge is 0.0726 e. The van der Waals surface area contributed by atoms with Crippen LogP contribution in [0.1, 0.15) is 0 Å². The molecule has 0 saturated heterocycles. The van der Waals surface area contributed by atoms with E-state index in [0.717, 1.165) is 0 Å². The summed E-state index contributed by atoms with van der Waals surface area (Å²) < 4.78 is 7.58. The second kappa shape index (κ2) is 10.2. The minimum atomic E-state index is 1.17. The van der Waals surface area contributed by atoms with Gasteiger partial charge in [0.2, 0.25) is 0 Å². The second-order valence-electron chi connectivity index (χ2n) is 12.9. The first-order chi connectivity index (χ1) is 24.3. The Kier molecular flexibility index (Phi) is 5.57. The van der Waals surface area contributed by atoms with E-state index in [1.54, 1.807) is 0 Å². The first-order valence-corrected chi connectivity index (χ1v) is 17.6. The number of aromatic nitrogens is 2. The molecule has 0 radical (unpaired) electrons. The molecule has 0 fully saturated rings. The van der Waals surface area contributed by atoms with Crippen molar-refractivity contribution < 1.29 is 0 Å². The molecule has 3 aromatic heterocycles. The highest BCUT2D eigenvalue weighted by atomic mass is 32.1. The largest absolute Gasteiger partial charge is 0.309 e. The molecule has 0 unspecified atom stereocenters. The lowest BCUT2D eigenvalue weighted by atomic mass is 9.97. The summed E-state index contributed by atoms with van der Waals surface area (Å²) in [5.74, 6) is 0. The molecule has 49 heavy (non-hydrogen) atoms. The van der Waals surface area contributed by atoms with Crippen LogP contribution in [0.5, 0.6) is 0 Å². The first kappa shape index (κ1) is 26.9. The van der Waals surface area contributed by atoms with E-state index in [0.29, 0.717) is 0 Å². The van der Waals surface area contributed by atoms with Crippen molar-refractivity contribution in [3.05, 3.63) is 170 Å². The molecule has 2 nitrogen and oxygen atoms in total. The molecule has 0 aliphatic carbocycles. The fraction of sp³-hybridized carbons (Fsp3) is 0. The van der Waals surface area contributed by atoms with Crippen molar-refractivity contribution in [2.24, 2.45) is 0 Å². The van der Waals surface area contributed by atoms with Gasteiger partial charge in [-0.05, 0) is 76.5 Å². The molecule has 11 rings (SSSR count). The van der Waals surface area contributed by atoms with Gasteiger partial charge >= 0.3 is 0 Å². The Morgan fingerprint density at radius 3 is 1.78 bits per heavy atom. The van der Waals surface area contributed by atoms with Crippen LogP contribution in [0.4, 0.5) is 0 Å². The lowest BCUT2D eigenvalue weighted by Crippen LogP contribution is -1.96. The minimum absolute atomic E-state index is 1.17. The fourth-order valence-corrected chi connectivity index (χ4v) is 9.47. The standard InChI is InChI=1S/C46H28N2S/c1-3-13-29(14-4-1)30-23-25-41-38(27-30)43-34-18-7-8-19-35(34)44-36-20-10-12-22-42(36)49-46(44)45(43)48(41)32-24-26-40-37(28-32)33-17-9-11-21-39(33)47(40)31-15-5-2-6-16-31/h1-28H. The highest BCUT2D eigenvalue weighted by Gasteiger charge is 2.23. The maximum Gasteiger partial charge on any atom is 0.0726 e. The lowest BCUT2D eigenvalue weighted by Gasteiger charge is -2.12. The molecule has 11 aromatic rings. The number of rotatable bonds is 3. The molecule has 0 aliphatic rings. The van der Waals surface area contributed by atoms with Gasteiger partial charge in [0.05, 0.1) is 26.8 Å². The van der Waals surface area contributed by atoms with Crippen molar-refractivity contribution in [3.63, 3.8) is 0 Å². The molecule has 3 heteroatoms. The van der Waals surface area contributed by atoms with Crippen molar-refractivity contribution in [2.75, 3.05) is 0 Å². The van der Waals surface area contributed by atoms with Gasteiger partial charge in [-0.2, -0.15) is 0 Å². The van der Waals surface area contributed by atoms with E-state index >= 15 is 0 Å². The number of fused-ring (bicyclic) bond motifs is 13. The van der Waals surface area contributed by atoms with Crippen LogP contribution in [0.15, 0.2) is 170 Å². The van der Waals surface area contributed by atoms with Crippen molar-refractivity contribution in [1.82, 2.24) is 9.13 Å². The summed E-state index contributed by atoms with van der Waals surface area (Å²) in [6.07, 6.45) is 0. The fourth-order valence-electron chi connectivity index (χ4n) is 8.21. The minimum Gasteiger partial charge on any atom is -0.309 e. The van der Waals surface area contributed by atoms with Crippen LogP contribution in [0, 0.1) is 0 Å². The Hall–Kier alpha value is -6.16. The van der Waals surface area contributed by atoms with Crippen LogP contribution >= 0.6 is 11.3 Å². The third-order valence-corrected chi connectivity index (χ3v) is 11.5. The van der Waals surface area contributed by atoms with Crippen LogP contribution in [-0.4, -0.2) is 9.13 Å². The second-order valence-corrected chi connectivity index (χ2v) is 13.9. The zero-order chi connectivity index (χ0) is 32.1. The summed E-state index contributed by atoms with van der Waals surface area (Å²) in [5, 5.41) is 10.4. The Balaban J connectivity index is 1.32. The van der Waals surface area contributed by atoms with Gasteiger partial charge < -0.3 is 9.13 Å². The number of hydrogen-bond acceptors (Lipinski definition) is 1. The quantitative estimate of drug-likeness (QED) is 0.182. The van der Waals surface area contributed by atoms with Gasteiger partial charge in [-0.25, -0.2) is 0 Å². The van der Waals surface area contributed by atoms with Crippen molar-refractivity contribution in [1.29, 1.82) is 0 Å². The molecular weight excluding hydrogens is 613 g/mol. The topological polar surface area (TPSA) is 9.86 Å². The Labute approximate surface area is 286 Å². The Bertz CT molecular complexity index is 3090. The third-order valence-electron chi connectivity index (χ3n) is 10.3. The summed E-state index contributed by atoms with van der Waals surface area (Å²) in [4.78, 5) is 0. The van der Waals surface area contributed by atoms with Gasteiger partial charge in [-0.15, -0.1) is 11.3 Å². The third kappa shape index (κ3) is 3.76. The van der Waals surface area contributed by atoms with Crippen molar-refractivity contribution in [2.45, 2.75) is 0 Å². The van der Waals surface area contributed by atoms with Crippen molar-refractivity contribution in [3.8, 4) is 22.5 Å². The highest BCUT2D eigenvalue weighted by Crippen LogP contribution is 2.48. The molecule has 0 aliphatic heterocycles. The Morgan fingerprint density at radius 2 is 0.959 bits per heavy atom. The predicted octanol–water partition coefficient (Wildman–Crippen LogP) is 13.1. The van der Waals surface area contributed by atoms with Crippen molar-refractivity contribution >= 4 is 85.9 Å². The Morgan fingerprint density at radius 1 is 0.347 bits per heavy atom. The monoisotopic (exact) mass is 640 g/mol. The molecule has 0 amide bonds. The van der Waals surface area contributed by atoms with Gasteiger partial charge in [0, 0.05) is 48.4 Å². The molecule has 0 saturated carbocycles. The number of hydrogen-bond donors (Lipinski definition) is 0. The van der Waals surface area contributed by atoms with E-state index in [2.05, 4.69) is 179 Å². The molecular formula is C46H28N2S. The molecule has 0 N–H and O–H groups in total. The number of thiophene rings is 1. The summed E-state index contributed by atoms with van der Waals surface area (Å²) >= 11 is 1.91. The molecule has 0 bridgehead atoms. The first-order valence-electron chi connectivity index (χ1n) is 16.8. The van der Waals surface area contributed by atoms with Crippen LogP contribution in [0.2, 0.25) is 0 Å². The van der Waals surface area contributed by atoms with Gasteiger partial charge in [0.15, 0.2) is 0 Å². The van der Waals surface area contributed by atoms with Crippen LogP contribution in [0.3, 0.4) is 0 Å². The normalized spacial score (nSPS) is 12.1. The van der Waals surface area contributed by atoms with E-state index < -0.39 is 0 Å². The highest BCUT2D eigenvalue weighted by molar-refractivity contribution is 7.27. The number of para-hydroxylation sites is 2. The molecule has 0 spiro atoms. The molecule has 228 valence electrons. The van der Waals surface area contributed by atoms with E-state index in [1.165, 1.54) is 97.1 Å². The van der Waals surface area contributed by atoms with Gasteiger partial charge in [0.1, 0.15) is 0 Å². The zero-order valence-corrected chi connectivity index (χ0v) is 27.3. The molecule has 0 atom stereocenters. The summed E-state index contributed by atoms with van der Waals surface area (Å²) in [6.45, 7) is 0. The zero-order valence-electron chi connectivity index (χ0n) is 26.5. The van der Waals surface area contributed by atoms with E-state index in [-0.39, 0.29) is 0 Å². The van der Waals surface area contributed by atoms with Gasteiger partial charge in [-0.3, -0.25) is 0 Å². The van der Waals surface area contributed by atoms with E-state index in [9.17, 15) is 0 Å².